The lowest BCUT2D eigenvalue weighted by Crippen LogP contribution is -2.63. The first-order valence-corrected chi connectivity index (χ1v) is 10.5. The largest absolute Gasteiger partial charge is 0.390 e. The summed E-state index contributed by atoms with van der Waals surface area (Å²) in [6.45, 7) is 11.0. The van der Waals surface area contributed by atoms with Gasteiger partial charge in [-0.1, -0.05) is 0 Å². The Morgan fingerprint density at radius 1 is 0.700 bits per heavy atom. The van der Waals surface area contributed by atoms with Crippen molar-refractivity contribution in [1.82, 2.24) is 0 Å². The molecule has 5 rings (SSSR count). The number of aliphatic hydroxyl groups excluding tert-OH is 1. The van der Waals surface area contributed by atoms with Gasteiger partial charge in [-0.25, -0.2) is 0 Å². The molecular formula is C20H32O10. The summed E-state index contributed by atoms with van der Waals surface area (Å²) < 4.78 is 47.5. The molecule has 0 radical (unpaired) electrons. The van der Waals surface area contributed by atoms with E-state index in [0.717, 1.165) is 0 Å². The maximum absolute atomic E-state index is 11.6. The third-order valence-electron chi connectivity index (χ3n) is 6.22. The van der Waals surface area contributed by atoms with Gasteiger partial charge in [0.15, 0.2) is 29.4 Å². The highest BCUT2D eigenvalue weighted by molar-refractivity contribution is 5.06. The maximum atomic E-state index is 11.6. The Kier molecular flexibility index (Phi) is 4.69. The van der Waals surface area contributed by atoms with Crippen LogP contribution in [0.4, 0.5) is 0 Å². The molecule has 0 aromatic carbocycles. The van der Waals surface area contributed by atoms with Gasteiger partial charge in [0.05, 0.1) is 12.7 Å². The fraction of sp³-hybridized carbons (Fsp3) is 1.00. The van der Waals surface area contributed by atoms with Crippen molar-refractivity contribution in [3.8, 4) is 0 Å². The lowest BCUT2D eigenvalue weighted by molar-refractivity contribution is -0.349. The van der Waals surface area contributed by atoms with Crippen LogP contribution in [0, 0.1) is 0 Å². The Balaban J connectivity index is 1.40. The number of hydrogen-bond donors (Lipinski definition) is 2. The molecular weight excluding hydrogens is 400 g/mol. The number of hydrogen-bond acceptors (Lipinski definition) is 10. The Hall–Kier alpha value is -0.400. The molecule has 10 nitrogen and oxygen atoms in total. The summed E-state index contributed by atoms with van der Waals surface area (Å²) in [4.78, 5) is 0. The standard InChI is InChI=1S/C20H32O10/c1-17(2)23-8-10(25-17)12-15(29-18(3,4)26-12)20(22)7-9(21)11-13(28-20)14-16(24-11)30-19(5,6)27-14/h9-16,21-22H,7-8H2,1-6H3/t9-,10+,11-,12+,13+,14-,15-,16-,20?/m1/s1. The summed E-state index contributed by atoms with van der Waals surface area (Å²) in [6.07, 6.45) is -5.81. The van der Waals surface area contributed by atoms with E-state index in [9.17, 15) is 10.2 Å². The van der Waals surface area contributed by atoms with Gasteiger partial charge in [0.25, 0.3) is 0 Å². The monoisotopic (exact) mass is 432 g/mol. The van der Waals surface area contributed by atoms with E-state index in [4.69, 9.17) is 37.9 Å². The highest BCUT2D eigenvalue weighted by Crippen LogP contribution is 2.48. The van der Waals surface area contributed by atoms with E-state index in [1.807, 2.05) is 13.8 Å². The van der Waals surface area contributed by atoms with E-state index < -0.39 is 72.2 Å². The van der Waals surface area contributed by atoms with Gasteiger partial charge in [0.1, 0.15) is 36.6 Å². The molecule has 0 bridgehead atoms. The summed E-state index contributed by atoms with van der Waals surface area (Å²) >= 11 is 0. The molecule has 30 heavy (non-hydrogen) atoms. The third kappa shape index (κ3) is 3.51. The van der Waals surface area contributed by atoms with Gasteiger partial charge in [-0.2, -0.15) is 0 Å². The lowest BCUT2D eigenvalue weighted by atomic mass is 9.88. The van der Waals surface area contributed by atoms with Crippen LogP contribution in [0.25, 0.3) is 0 Å². The zero-order valence-corrected chi connectivity index (χ0v) is 18.2. The van der Waals surface area contributed by atoms with E-state index >= 15 is 0 Å². The zero-order chi connectivity index (χ0) is 21.7. The second-order valence-electron chi connectivity index (χ2n) is 10.2. The van der Waals surface area contributed by atoms with Crippen LogP contribution in [0.2, 0.25) is 0 Å². The Labute approximate surface area is 175 Å². The molecule has 0 saturated carbocycles. The first-order valence-electron chi connectivity index (χ1n) is 10.5. The highest BCUT2D eigenvalue weighted by Gasteiger charge is 2.66. The average Bonchev–Trinajstić information content (AvgIpc) is 3.28. The summed E-state index contributed by atoms with van der Waals surface area (Å²) in [5.74, 6) is -4.43. The van der Waals surface area contributed by atoms with Gasteiger partial charge < -0.3 is 48.1 Å². The molecule has 172 valence electrons. The van der Waals surface area contributed by atoms with Crippen LogP contribution in [0.5, 0.6) is 0 Å². The average molecular weight is 432 g/mol. The molecule has 5 heterocycles. The van der Waals surface area contributed by atoms with Crippen molar-refractivity contribution in [3.63, 3.8) is 0 Å². The minimum absolute atomic E-state index is 0.116. The Morgan fingerprint density at radius 2 is 1.37 bits per heavy atom. The molecule has 5 fully saturated rings. The zero-order valence-electron chi connectivity index (χ0n) is 18.2. The first kappa shape index (κ1) is 21.4. The summed E-state index contributed by atoms with van der Waals surface area (Å²) in [6, 6.07) is 0. The summed E-state index contributed by atoms with van der Waals surface area (Å²) in [7, 11) is 0. The van der Waals surface area contributed by atoms with Gasteiger partial charge in [0, 0.05) is 6.42 Å². The van der Waals surface area contributed by atoms with Crippen LogP contribution in [0.1, 0.15) is 48.0 Å². The van der Waals surface area contributed by atoms with Crippen molar-refractivity contribution in [2.75, 3.05) is 6.61 Å². The molecule has 2 N–H and O–H groups in total. The molecule has 5 aliphatic rings. The van der Waals surface area contributed by atoms with Gasteiger partial charge >= 0.3 is 0 Å². The van der Waals surface area contributed by atoms with Crippen LogP contribution in [-0.4, -0.2) is 89.0 Å². The molecule has 0 aromatic rings. The lowest BCUT2D eigenvalue weighted by Gasteiger charge is -2.45. The quantitative estimate of drug-likeness (QED) is 0.634. The van der Waals surface area contributed by atoms with Crippen LogP contribution >= 0.6 is 0 Å². The molecule has 0 spiro atoms. The highest BCUT2D eigenvalue weighted by atomic mass is 16.9. The van der Waals surface area contributed by atoms with Gasteiger partial charge in [-0.15, -0.1) is 0 Å². The fourth-order valence-corrected chi connectivity index (χ4v) is 5.12. The molecule has 1 unspecified atom stereocenters. The molecule has 5 aliphatic heterocycles. The second kappa shape index (κ2) is 6.57. The topological polar surface area (TPSA) is 114 Å². The Morgan fingerprint density at radius 3 is 2.03 bits per heavy atom. The smallest absolute Gasteiger partial charge is 0.198 e. The van der Waals surface area contributed by atoms with Gasteiger partial charge in [-0.3, -0.25) is 0 Å². The Bertz CT molecular complexity index is 695. The third-order valence-corrected chi connectivity index (χ3v) is 6.22. The molecule has 0 aromatic heterocycles. The van der Waals surface area contributed by atoms with E-state index in [-0.39, 0.29) is 13.0 Å². The second-order valence-corrected chi connectivity index (χ2v) is 10.2. The van der Waals surface area contributed by atoms with Gasteiger partial charge in [0.2, 0.25) is 0 Å². The number of rotatable bonds is 2. The molecule has 0 amide bonds. The molecule has 9 atom stereocenters. The van der Waals surface area contributed by atoms with E-state index in [1.165, 1.54) is 0 Å². The number of fused-ring (bicyclic) bond motifs is 3. The van der Waals surface area contributed by atoms with Crippen LogP contribution < -0.4 is 0 Å². The molecule has 10 heteroatoms. The fourth-order valence-electron chi connectivity index (χ4n) is 5.12. The van der Waals surface area contributed by atoms with E-state index in [0.29, 0.717) is 0 Å². The summed E-state index contributed by atoms with van der Waals surface area (Å²) in [5.41, 5.74) is 0. The van der Waals surface area contributed by atoms with Crippen molar-refractivity contribution in [3.05, 3.63) is 0 Å². The summed E-state index contributed by atoms with van der Waals surface area (Å²) in [5, 5.41) is 22.4. The molecule has 5 saturated heterocycles. The predicted molar refractivity (Wildman–Crippen MR) is 97.9 cm³/mol. The van der Waals surface area contributed by atoms with Crippen LogP contribution in [-0.2, 0) is 37.9 Å². The predicted octanol–water partition coefficient (Wildman–Crippen LogP) is 0.373. The van der Waals surface area contributed by atoms with Crippen LogP contribution in [0.15, 0.2) is 0 Å². The van der Waals surface area contributed by atoms with E-state index in [2.05, 4.69) is 0 Å². The minimum atomic E-state index is -1.84. The van der Waals surface area contributed by atoms with Crippen molar-refractivity contribution in [1.29, 1.82) is 0 Å². The normalized spacial score (nSPS) is 53.6. The van der Waals surface area contributed by atoms with Crippen molar-refractivity contribution >= 4 is 0 Å². The van der Waals surface area contributed by atoms with Gasteiger partial charge in [-0.05, 0) is 41.5 Å². The first-order chi connectivity index (χ1) is 13.8. The minimum Gasteiger partial charge on any atom is -0.390 e. The van der Waals surface area contributed by atoms with Crippen molar-refractivity contribution < 1.29 is 48.1 Å². The number of aliphatic hydroxyl groups is 2. The van der Waals surface area contributed by atoms with E-state index in [1.54, 1.807) is 27.7 Å². The van der Waals surface area contributed by atoms with Crippen molar-refractivity contribution in [2.24, 2.45) is 0 Å². The van der Waals surface area contributed by atoms with Crippen molar-refractivity contribution in [2.45, 2.75) is 120 Å². The molecule has 0 aliphatic carbocycles. The SMILES string of the molecule is CC1(C)O[C@H]2O[C@H]3[C@H](OC(O)([C@@H]4OC(C)(C)O[C@H]4[C@@H]4COC(C)(C)O4)C[C@H]3O)[C@H]2O1. The van der Waals surface area contributed by atoms with Crippen LogP contribution in [0.3, 0.4) is 0 Å². The number of ether oxygens (including phenoxy) is 8. The maximum Gasteiger partial charge on any atom is 0.198 e.